The summed E-state index contributed by atoms with van der Waals surface area (Å²) in [5, 5.41) is 2.90. The lowest BCUT2D eigenvalue weighted by molar-refractivity contribution is -0.274. The summed E-state index contributed by atoms with van der Waals surface area (Å²) < 4.78 is 42.5. The Morgan fingerprint density at radius 2 is 2.07 bits per heavy atom. The maximum atomic E-state index is 12.6. The third-order valence-corrected chi connectivity index (χ3v) is 4.58. The van der Waals surface area contributed by atoms with Crippen LogP contribution in [0, 0.1) is 0 Å². The number of piperidine rings is 1. The molecule has 1 N–H and O–H groups in total. The highest BCUT2D eigenvalue weighted by Gasteiger charge is 2.31. The highest BCUT2D eigenvalue weighted by molar-refractivity contribution is 5.74. The lowest BCUT2D eigenvalue weighted by Gasteiger charge is -2.34. The molecule has 1 saturated heterocycles. The molecule has 2 atom stereocenters. The summed E-state index contributed by atoms with van der Waals surface area (Å²) >= 11 is 0. The molecule has 0 spiro atoms. The first-order valence-corrected chi connectivity index (χ1v) is 8.70. The number of amides is 2. The van der Waals surface area contributed by atoms with Gasteiger partial charge in [0, 0.05) is 25.5 Å². The van der Waals surface area contributed by atoms with E-state index in [9.17, 15) is 18.0 Å². The number of nitrogens with zero attached hydrogens (tertiary/aromatic N) is 3. The number of hydrogen-bond acceptors (Lipinski definition) is 3. The average Bonchev–Trinajstić information content (AvgIpc) is 3.15. The summed E-state index contributed by atoms with van der Waals surface area (Å²) in [6.07, 6.45) is 2.51. The van der Waals surface area contributed by atoms with Crippen LogP contribution >= 0.6 is 0 Å². The first-order chi connectivity index (χ1) is 12.8. The van der Waals surface area contributed by atoms with Crippen molar-refractivity contribution in [1.29, 1.82) is 0 Å². The van der Waals surface area contributed by atoms with Crippen LogP contribution in [-0.2, 0) is 0 Å². The Morgan fingerprint density at radius 3 is 2.70 bits per heavy atom. The second-order valence-electron chi connectivity index (χ2n) is 6.54. The molecule has 1 aromatic carbocycles. The number of urea groups is 1. The minimum Gasteiger partial charge on any atom is -0.406 e. The molecule has 0 bridgehead atoms. The van der Waals surface area contributed by atoms with Crippen molar-refractivity contribution in [2.75, 3.05) is 13.1 Å². The van der Waals surface area contributed by atoms with Crippen molar-refractivity contribution in [2.24, 2.45) is 0 Å². The van der Waals surface area contributed by atoms with Crippen LogP contribution in [0.15, 0.2) is 43.0 Å². The van der Waals surface area contributed by atoms with Crippen LogP contribution < -0.4 is 10.1 Å². The maximum absolute atomic E-state index is 12.6. The number of hydrogen-bond donors (Lipinski definition) is 1. The van der Waals surface area contributed by atoms with Crippen LogP contribution in [0.1, 0.15) is 37.4 Å². The molecular weight excluding hydrogens is 361 g/mol. The monoisotopic (exact) mass is 382 g/mol. The number of halogens is 3. The molecule has 2 heterocycles. The van der Waals surface area contributed by atoms with Crippen molar-refractivity contribution in [2.45, 2.75) is 38.2 Å². The molecule has 2 amide bonds. The van der Waals surface area contributed by atoms with Gasteiger partial charge in [-0.1, -0.05) is 12.1 Å². The lowest BCUT2D eigenvalue weighted by Crippen LogP contribution is -2.46. The number of rotatable bonds is 4. The van der Waals surface area contributed by atoms with Crippen molar-refractivity contribution in [1.82, 2.24) is 19.8 Å². The second kappa shape index (κ2) is 7.89. The van der Waals surface area contributed by atoms with Crippen molar-refractivity contribution in [3.05, 3.63) is 48.5 Å². The number of imidazole rings is 1. The number of alkyl halides is 3. The van der Waals surface area contributed by atoms with E-state index in [0.29, 0.717) is 18.7 Å². The van der Waals surface area contributed by atoms with Crippen LogP contribution in [0.3, 0.4) is 0 Å². The number of ether oxygens (including phenoxy) is 1. The number of nitrogens with one attached hydrogen (secondary N) is 1. The smallest absolute Gasteiger partial charge is 0.406 e. The largest absolute Gasteiger partial charge is 0.573 e. The van der Waals surface area contributed by atoms with Crippen molar-refractivity contribution in [3.8, 4) is 5.75 Å². The molecule has 6 nitrogen and oxygen atoms in total. The lowest BCUT2D eigenvalue weighted by atomic mass is 10.1. The Bertz CT molecular complexity index is 747. The Hall–Kier alpha value is -2.71. The van der Waals surface area contributed by atoms with E-state index >= 15 is 0 Å². The molecule has 1 aliphatic heterocycles. The zero-order valence-electron chi connectivity index (χ0n) is 14.8. The third-order valence-electron chi connectivity index (χ3n) is 4.58. The van der Waals surface area contributed by atoms with E-state index in [4.69, 9.17) is 0 Å². The standard InChI is InChI=1S/C18H21F3N4O2/c1-13(14-4-6-16(7-5-14)27-18(19,20)21)23-17(26)24-9-2-3-15(11-24)25-10-8-22-12-25/h4-8,10,12-13,15H,2-3,9,11H2,1H3,(H,23,26). The summed E-state index contributed by atoms with van der Waals surface area (Å²) in [5.41, 5.74) is 0.695. The van der Waals surface area contributed by atoms with E-state index in [0.717, 1.165) is 12.8 Å². The number of carbonyl (C=O) groups excluding carboxylic acids is 1. The fourth-order valence-electron chi connectivity index (χ4n) is 3.19. The molecular formula is C18H21F3N4O2. The van der Waals surface area contributed by atoms with Gasteiger partial charge in [-0.3, -0.25) is 0 Å². The molecule has 0 saturated carbocycles. The number of carbonyl (C=O) groups is 1. The summed E-state index contributed by atoms with van der Waals surface area (Å²) in [7, 11) is 0. The van der Waals surface area contributed by atoms with Gasteiger partial charge in [0.05, 0.1) is 18.4 Å². The predicted molar refractivity (Wildman–Crippen MR) is 92.1 cm³/mol. The summed E-state index contributed by atoms with van der Waals surface area (Å²) in [6, 6.07) is 5.16. The van der Waals surface area contributed by atoms with Crippen LogP contribution in [0.2, 0.25) is 0 Å². The van der Waals surface area contributed by atoms with Gasteiger partial charge in [0.1, 0.15) is 5.75 Å². The summed E-state index contributed by atoms with van der Waals surface area (Å²) in [5.74, 6) is -0.288. The van der Waals surface area contributed by atoms with E-state index in [1.165, 1.54) is 24.3 Å². The number of likely N-dealkylation sites (tertiary alicyclic amines) is 1. The van der Waals surface area contributed by atoms with Gasteiger partial charge in [-0.25, -0.2) is 9.78 Å². The molecule has 0 radical (unpaired) electrons. The van der Waals surface area contributed by atoms with Gasteiger partial charge in [0.15, 0.2) is 0 Å². The zero-order valence-corrected chi connectivity index (χ0v) is 14.8. The molecule has 3 rings (SSSR count). The molecule has 2 aromatic rings. The fourth-order valence-corrected chi connectivity index (χ4v) is 3.19. The predicted octanol–water partition coefficient (Wildman–Crippen LogP) is 3.89. The maximum Gasteiger partial charge on any atom is 0.573 e. The average molecular weight is 382 g/mol. The van der Waals surface area contributed by atoms with Crippen LogP contribution in [0.5, 0.6) is 5.75 Å². The molecule has 146 valence electrons. The van der Waals surface area contributed by atoms with Crippen LogP contribution in [-0.4, -0.2) is 39.9 Å². The second-order valence-corrected chi connectivity index (χ2v) is 6.54. The van der Waals surface area contributed by atoms with E-state index in [-0.39, 0.29) is 23.9 Å². The highest BCUT2D eigenvalue weighted by Crippen LogP contribution is 2.25. The van der Waals surface area contributed by atoms with Gasteiger partial charge >= 0.3 is 12.4 Å². The zero-order chi connectivity index (χ0) is 19.4. The van der Waals surface area contributed by atoms with Crippen molar-refractivity contribution < 1.29 is 22.7 Å². The number of benzene rings is 1. The van der Waals surface area contributed by atoms with E-state index in [1.807, 2.05) is 10.8 Å². The quantitative estimate of drug-likeness (QED) is 0.873. The first-order valence-electron chi connectivity index (χ1n) is 8.70. The summed E-state index contributed by atoms with van der Waals surface area (Å²) in [4.78, 5) is 18.4. The fraction of sp³-hybridized carbons (Fsp3) is 0.444. The van der Waals surface area contributed by atoms with Crippen molar-refractivity contribution >= 4 is 6.03 Å². The normalized spacial score (nSPS) is 18.8. The SMILES string of the molecule is CC(NC(=O)N1CCCC(n2ccnc2)C1)c1ccc(OC(F)(F)F)cc1. The van der Waals surface area contributed by atoms with E-state index in [2.05, 4.69) is 15.0 Å². The molecule has 2 unspecified atom stereocenters. The summed E-state index contributed by atoms with van der Waals surface area (Å²) in [6.45, 7) is 3.05. The molecule has 0 aliphatic carbocycles. The van der Waals surface area contributed by atoms with Crippen LogP contribution in [0.4, 0.5) is 18.0 Å². The first kappa shape index (κ1) is 19.1. The van der Waals surface area contributed by atoms with Gasteiger partial charge in [-0.15, -0.1) is 13.2 Å². The molecule has 1 aliphatic rings. The molecule has 1 fully saturated rings. The number of aromatic nitrogens is 2. The Kier molecular flexibility index (Phi) is 5.57. The minimum absolute atomic E-state index is 0.192. The van der Waals surface area contributed by atoms with E-state index < -0.39 is 6.36 Å². The Balaban J connectivity index is 1.57. The highest BCUT2D eigenvalue weighted by atomic mass is 19.4. The molecule has 27 heavy (non-hydrogen) atoms. The topological polar surface area (TPSA) is 59.4 Å². The van der Waals surface area contributed by atoms with Gasteiger partial charge < -0.3 is 19.5 Å². The van der Waals surface area contributed by atoms with E-state index in [1.54, 1.807) is 24.3 Å². The molecule has 1 aromatic heterocycles. The van der Waals surface area contributed by atoms with Crippen molar-refractivity contribution in [3.63, 3.8) is 0 Å². The Morgan fingerprint density at radius 1 is 1.33 bits per heavy atom. The van der Waals surface area contributed by atoms with Gasteiger partial charge in [-0.05, 0) is 37.5 Å². The third kappa shape index (κ3) is 5.15. The van der Waals surface area contributed by atoms with Gasteiger partial charge in [-0.2, -0.15) is 0 Å². The Labute approximate surface area is 154 Å². The van der Waals surface area contributed by atoms with Gasteiger partial charge in [0.25, 0.3) is 0 Å². The molecule has 9 heteroatoms. The van der Waals surface area contributed by atoms with Gasteiger partial charge in [0.2, 0.25) is 0 Å². The minimum atomic E-state index is -4.72. The van der Waals surface area contributed by atoms with Crippen LogP contribution in [0.25, 0.3) is 0 Å².